The van der Waals surface area contributed by atoms with E-state index < -0.39 is 0 Å². The summed E-state index contributed by atoms with van der Waals surface area (Å²) in [7, 11) is 0. The molecule has 0 amide bonds. The summed E-state index contributed by atoms with van der Waals surface area (Å²) in [5.41, 5.74) is 1.05. The van der Waals surface area contributed by atoms with Crippen LogP contribution in [0.15, 0.2) is 24.3 Å². The molecule has 0 aliphatic carbocycles. The van der Waals surface area contributed by atoms with E-state index in [2.05, 4.69) is 13.8 Å². The van der Waals surface area contributed by atoms with E-state index in [0.29, 0.717) is 11.7 Å². The average molecular weight is 177 g/mol. The van der Waals surface area contributed by atoms with Gasteiger partial charge in [0, 0.05) is 17.4 Å². The van der Waals surface area contributed by atoms with Crippen molar-refractivity contribution in [1.29, 1.82) is 0 Å². The van der Waals surface area contributed by atoms with Crippen LogP contribution in [0, 0.1) is 0 Å². The number of hydrogen-bond acceptors (Lipinski definition) is 1. The fraction of sp³-hybridized carbons (Fsp3) is 0.400. The zero-order valence-electron chi connectivity index (χ0n) is 7.62. The van der Waals surface area contributed by atoms with Gasteiger partial charge >= 0.3 is 0 Å². The fourth-order valence-corrected chi connectivity index (χ4v) is 1.12. The third-order valence-corrected chi connectivity index (χ3v) is 2.08. The maximum Gasteiger partial charge on any atom is 0.119 e. The zero-order valence-corrected chi connectivity index (χ0v) is 8.77. The maximum atomic E-state index is 9.41. The fourth-order valence-electron chi connectivity index (χ4n) is 1.12. The molecule has 1 aromatic rings. The van der Waals surface area contributed by atoms with Gasteiger partial charge in [-0.05, 0) is 24.0 Å². The third kappa shape index (κ3) is 2.55. The zero-order chi connectivity index (χ0) is 8.27. The summed E-state index contributed by atoms with van der Waals surface area (Å²) in [6, 6.07) is 7.52. The predicted octanol–water partition coefficient (Wildman–Crippen LogP) is 2.52. The molecule has 0 spiro atoms. The van der Waals surface area contributed by atoms with E-state index in [0.717, 1.165) is 12.0 Å². The number of aromatic hydroxyl groups is 1. The Morgan fingerprint density at radius 2 is 1.92 bits per heavy atom. The Bertz CT molecular complexity index is 235. The second-order valence-corrected chi connectivity index (χ2v) is 2.87. The molecule has 1 nitrogen and oxygen atoms in total. The first-order valence-electron chi connectivity index (χ1n) is 4.03. The molecule has 0 bridgehead atoms. The molecular weight excluding hydrogens is 163 g/mol. The Kier molecular flexibility index (Phi) is 5.05. The average Bonchev–Trinajstić information content (AvgIpc) is 2.04. The van der Waals surface area contributed by atoms with Crippen LogP contribution in [0.1, 0.15) is 31.7 Å². The first-order valence-corrected chi connectivity index (χ1v) is 4.03. The lowest BCUT2D eigenvalue weighted by molar-refractivity contribution is 0.462. The van der Waals surface area contributed by atoms with E-state index >= 15 is 0 Å². The standard InChI is InChI=1S/C10H14O.Al/c1-3-8(2)9-6-4-5-7-10(9)11;/h4-8,11H,3H2,1-2H3;. The van der Waals surface area contributed by atoms with Crippen molar-refractivity contribution in [2.24, 2.45) is 0 Å². The molecule has 0 fully saturated rings. The minimum atomic E-state index is 0. The Morgan fingerprint density at radius 1 is 1.33 bits per heavy atom. The summed E-state index contributed by atoms with van der Waals surface area (Å²) < 4.78 is 0. The van der Waals surface area contributed by atoms with Gasteiger partial charge in [-0.3, -0.25) is 0 Å². The molecule has 0 saturated carbocycles. The first-order chi connectivity index (χ1) is 5.25. The van der Waals surface area contributed by atoms with Crippen LogP contribution in [0.2, 0.25) is 0 Å². The van der Waals surface area contributed by atoms with Crippen molar-refractivity contribution in [1.82, 2.24) is 0 Å². The van der Waals surface area contributed by atoms with Crippen molar-refractivity contribution in [3.8, 4) is 5.75 Å². The number of rotatable bonds is 2. The number of phenolic OH excluding ortho intramolecular Hbond substituents is 1. The molecule has 63 valence electrons. The summed E-state index contributed by atoms with van der Waals surface area (Å²) in [6.45, 7) is 4.24. The molecule has 2 heteroatoms. The molecule has 0 aliphatic rings. The molecule has 1 atom stereocenters. The summed E-state index contributed by atoms with van der Waals surface area (Å²) in [5.74, 6) is 0.873. The lowest BCUT2D eigenvalue weighted by Gasteiger charge is -2.09. The van der Waals surface area contributed by atoms with Gasteiger partial charge in [0.1, 0.15) is 5.75 Å². The third-order valence-electron chi connectivity index (χ3n) is 2.08. The van der Waals surface area contributed by atoms with Crippen molar-refractivity contribution < 1.29 is 5.11 Å². The summed E-state index contributed by atoms with van der Waals surface area (Å²) in [5, 5.41) is 9.41. The van der Waals surface area contributed by atoms with Crippen molar-refractivity contribution in [2.45, 2.75) is 26.2 Å². The van der Waals surface area contributed by atoms with Gasteiger partial charge in [-0.2, -0.15) is 0 Å². The largest absolute Gasteiger partial charge is 0.508 e. The van der Waals surface area contributed by atoms with Gasteiger partial charge in [-0.1, -0.05) is 32.0 Å². The maximum absolute atomic E-state index is 9.41. The number of phenols is 1. The first kappa shape index (κ1) is 11.6. The SMILES string of the molecule is CCC(C)c1ccccc1O.[Al]. The van der Waals surface area contributed by atoms with E-state index in [9.17, 15) is 5.11 Å². The topological polar surface area (TPSA) is 20.2 Å². The van der Waals surface area contributed by atoms with Crippen LogP contribution >= 0.6 is 0 Å². The molecular formula is C10H14AlO. The lowest BCUT2D eigenvalue weighted by Crippen LogP contribution is -1.90. The quantitative estimate of drug-likeness (QED) is 0.688. The number of benzene rings is 1. The molecule has 1 unspecified atom stereocenters. The Hall–Kier alpha value is -0.448. The van der Waals surface area contributed by atoms with Crippen molar-refractivity contribution in [3.05, 3.63) is 29.8 Å². The van der Waals surface area contributed by atoms with E-state index in [1.54, 1.807) is 6.07 Å². The van der Waals surface area contributed by atoms with Crippen LogP contribution in [0.3, 0.4) is 0 Å². The van der Waals surface area contributed by atoms with Crippen LogP contribution < -0.4 is 0 Å². The highest BCUT2D eigenvalue weighted by Gasteiger charge is 2.05. The second kappa shape index (κ2) is 5.24. The summed E-state index contributed by atoms with van der Waals surface area (Å²) in [6.07, 6.45) is 1.07. The van der Waals surface area contributed by atoms with Crippen molar-refractivity contribution in [3.63, 3.8) is 0 Å². The molecule has 0 saturated heterocycles. The highest BCUT2D eigenvalue weighted by molar-refractivity contribution is 5.75. The monoisotopic (exact) mass is 177 g/mol. The Labute approximate surface area is 84.6 Å². The van der Waals surface area contributed by atoms with Gasteiger partial charge in [0.05, 0.1) is 0 Å². The molecule has 0 aromatic heterocycles. The minimum Gasteiger partial charge on any atom is -0.508 e. The van der Waals surface area contributed by atoms with E-state index in [4.69, 9.17) is 0 Å². The normalized spacial score (nSPS) is 11.8. The molecule has 1 aromatic carbocycles. The van der Waals surface area contributed by atoms with Gasteiger partial charge in [0.25, 0.3) is 0 Å². The molecule has 12 heavy (non-hydrogen) atoms. The smallest absolute Gasteiger partial charge is 0.119 e. The highest BCUT2D eigenvalue weighted by atomic mass is 27.0. The second-order valence-electron chi connectivity index (χ2n) is 2.87. The van der Waals surface area contributed by atoms with Crippen molar-refractivity contribution >= 4 is 17.4 Å². The van der Waals surface area contributed by atoms with Gasteiger partial charge in [0.2, 0.25) is 0 Å². The molecule has 1 N–H and O–H groups in total. The van der Waals surface area contributed by atoms with Crippen molar-refractivity contribution in [2.75, 3.05) is 0 Å². The summed E-state index contributed by atoms with van der Waals surface area (Å²) in [4.78, 5) is 0. The van der Waals surface area contributed by atoms with E-state index in [1.165, 1.54) is 0 Å². The predicted molar refractivity (Wildman–Crippen MR) is 52.6 cm³/mol. The van der Waals surface area contributed by atoms with Crippen LogP contribution in [-0.4, -0.2) is 22.5 Å². The van der Waals surface area contributed by atoms with Crippen LogP contribution in [0.4, 0.5) is 0 Å². The van der Waals surface area contributed by atoms with Gasteiger partial charge in [-0.25, -0.2) is 0 Å². The highest BCUT2D eigenvalue weighted by Crippen LogP contribution is 2.26. The van der Waals surface area contributed by atoms with E-state index in [-0.39, 0.29) is 17.4 Å². The number of hydrogen-bond donors (Lipinski definition) is 1. The number of para-hydroxylation sites is 1. The van der Waals surface area contributed by atoms with Crippen LogP contribution in [0.25, 0.3) is 0 Å². The van der Waals surface area contributed by atoms with Crippen LogP contribution in [-0.2, 0) is 0 Å². The summed E-state index contributed by atoms with van der Waals surface area (Å²) >= 11 is 0. The van der Waals surface area contributed by atoms with E-state index in [1.807, 2.05) is 18.2 Å². The molecule has 0 heterocycles. The van der Waals surface area contributed by atoms with Gasteiger partial charge < -0.3 is 5.11 Å². The molecule has 1 rings (SSSR count). The minimum absolute atomic E-state index is 0. The van der Waals surface area contributed by atoms with Gasteiger partial charge in [-0.15, -0.1) is 0 Å². The Balaban J connectivity index is 0.00000121. The molecule has 0 aliphatic heterocycles. The molecule has 3 radical (unpaired) electrons. The Morgan fingerprint density at radius 3 is 2.42 bits per heavy atom. The van der Waals surface area contributed by atoms with Crippen LogP contribution in [0.5, 0.6) is 5.75 Å². The van der Waals surface area contributed by atoms with Gasteiger partial charge in [0.15, 0.2) is 0 Å². The lowest BCUT2D eigenvalue weighted by atomic mass is 9.98.